The summed E-state index contributed by atoms with van der Waals surface area (Å²) in [7, 11) is 0. The average molecular weight is 699 g/mol. The van der Waals surface area contributed by atoms with Crippen LogP contribution in [-0.4, -0.2) is 5.60 Å². The molecule has 2 heterocycles. The Morgan fingerprint density at radius 2 is 1.49 bits per heavy atom. The highest BCUT2D eigenvalue weighted by Crippen LogP contribution is 2.49. The van der Waals surface area contributed by atoms with Crippen molar-refractivity contribution in [2.24, 2.45) is 11.3 Å². The zero-order valence-corrected chi connectivity index (χ0v) is 31.7. The lowest BCUT2D eigenvalue weighted by molar-refractivity contribution is 0.0954. The maximum atomic E-state index is 10.2. The molecule has 1 atom stereocenters. The lowest BCUT2D eigenvalue weighted by atomic mass is 9.70. The Bertz CT molecular complexity index is 2200. The van der Waals surface area contributed by atoms with Gasteiger partial charge in [-0.25, -0.2) is 0 Å². The van der Waals surface area contributed by atoms with E-state index in [-0.39, 0.29) is 27.7 Å². The zero-order valence-electron chi connectivity index (χ0n) is 31.7. The minimum Gasteiger partial charge on any atom is -0.480 e. The molecule has 6 rings (SSSR count). The van der Waals surface area contributed by atoms with Crippen LogP contribution in [-0.2, 0) is 16.7 Å². The van der Waals surface area contributed by atoms with Crippen molar-refractivity contribution < 1.29 is 9.47 Å². The number of hydrogen-bond donors (Lipinski definition) is 0. The van der Waals surface area contributed by atoms with Crippen LogP contribution in [0.5, 0.6) is 5.75 Å². The minimum absolute atomic E-state index is 0.0109. The fraction of sp³-hybridized carbons (Fsp3) is 0.298. The lowest BCUT2D eigenvalue weighted by Crippen LogP contribution is -2.27. The molecule has 6 nitrogen and oxygen atoms in total. The highest BCUT2D eigenvalue weighted by Gasteiger charge is 2.41. The molecule has 0 saturated heterocycles. The van der Waals surface area contributed by atoms with Gasteiger partial charge in [0.1, 0.15) is 40.9 Å². The molecule has 0 amide bonds. The van der Waals surface area contributed by atoms with E-state index in [1.807, 2.05) is 68.5 Å². The molecule has 0 fully saturated rings. The molecule has 0 radical (unpaired) electrons. The third kappa shape index (κ3) is 7.35. The van der Waals surface area contributed by atoms with Crippen LogP contribution in [0.3, 0.4) is 0 Å². The van der Waals surface area contributed by atoms with Gasteiger partial charge in [0.2, 0.25) is 0 Å². The Morgan fingerprint density at radius 1 is 0.849 bits per heavy atom. The predicted octanol–water partition coefficient (Wildman–Crippen LogP) is 11.1. The van der Waals surface area contributed by atoms with E-state index in [9.17, 15) is 15.8 Å². The lowest BCUT2D eigenvalue weighted by Gasteiger charge is -2.36. The van der Waals surface area contributed by atoms with Crippen molar-refractivity contribution >= 4 is 5.69 Å². The van der Waals surface area contributed by atoms with E-state index in [4.69, 9.17) is 9.47 Å². The highest BCUT2D eigenvalue weighted by atomic mass is 16.5. The highest BCUT2D eigenvalue weighted by molar-refractivity contribution is 5.71. The number of para-hydroxylation sites is 2. The van der Waals surface area contributed by atoms with E-state index < -0.39 is 5.60 Å². The molecule has 3 aliphatic rings. The first-order valence-corrected chi connectivity index (χ1v) is 18.1. The summed E-state index contributed by atoms with van der Waals surface area (Å²) in [5, 5.41) is 29.4. The summed E-state index contributed by atoms with van der Waals surface area (Å²) in [6.45, 7) is 15.9. The second kappa shape index (κ2) is 14.5. The Hall–Kier alpha value is -6.03. The van der Waals surface area contributed by atoms with Gasteiger partial charge in [0.15, 0.2) is 11.3 Å². The first kappa shape index (κ1) is 36.8. The normalized spacial score (nSPS) is 20.6. The summed E-state index contributed by atoms with van der Waals surface area (Å²) in [6.07, 6.45) is 10.1. The van der Waals surface area contributed by atoms with Crippen molar-refractivity contribution in [3.63, 3.8) is 0 Å². The number of rotatable bonds is 7. The second-order valence-electron chi connectivity index (χ2n) is 16.0. The molecule has 266 valence electrons. The van der Waals surface area contributed by atoms with Gasteiger partial charge in [0, 0.05) is 28.9 Å². The smallest absolute Gasteiger partial charge is 0.172 e. The largest absolute Gasteiger partial charge is 0.480 e. The fourth-order valence-corrected chi connectivity index (χ4v) is 7.55. The van der Waals surface area contributed by atoms with Gasteiger partial charge in [-0.2, -0.15) is 15.8 Å². The molecule has 1 unspecified atom stereocenters. The van der Waals surface area contributed by atoms with Crippen molar-refractivity contribution in [1.29, 1.82) is 15.8 Å². The van der Waals surface area contributed by atoms with Crippen LogP contribution >= 0.6 is 0 Å². The topological polar surface area (TPSA) is 93.1 Å². The van der Waals surface area contributed by atoms with Crippen molar-refractivity contribution in [3.05, 3.63) is 165 Å². The van der Waals surface area contributed by atoms with Crippen molar-refractivity contribution in [1.82, 2.24) is 0 Å². The minimum atomic E-state index is -0.927. The van der Waals surface area contributed by atoms with E-state index in [1.165, 1.54) is 22.5 Å². The quantitative estimate of drug-likeness (QED) is 0.228. The van der Waals surface area contributed by atoms with E-state index >= 15 is 0 Å². The molecule has 0 aromatic heterocycles. The van der Waals surface area contributed by atoms with Crippen LogP contribution in [0, 0.1) is 45.3 Å². The summed E-state index contributed by atoms with van der Waals surface area (Å²) in [6, 6.07) is 35.1. The monoisotopic (exact) mass is 698 g/mol. The summed E-state index contributed by atoms with van der Waals surface area (Å²) < 4.78 is 12.9. The standard InChI is InChI=1S/C47H46N4O2/c1-45(2,3)36-26-33(22-24-39-38(30-50)44(35(28-48)29-49)53-47(39,6)7)43(52-37-18-12-9-13-19-37)34(27-36)23-25-42-46(4,5)40-20-14-15-21-41(40)51(42)31-32-16-10-8-11-17-32/h8-25,36H,26-27,31H2,1-7H3/b24-22+,34-23+,42-25+. The van der Waals surface area contributed by atoms with Crippen molar-refractivity contribution in [3.8, 4) is 24.0 Å². The molecule has 1 aliphatic carbocycles. The van der Waals surface area contributed by atoms with Gasteiger partial charge in [0.05, 0.1) is 0 Å². The average Bonchev–Trinajstić information content (AvgIpc) is 3.52. The van der Waals surface area contributed by atoms with Crippen LogP contribution in [0.2, 0.25) is 0 Å². The Kier molecular flexibility index (Phi) is 10.1. The molecule has 0 bridgehead atoms. The summed E-state index contributed by atoms with van der Waals surface area (Å²) in [5.74, 6) is 1.84. The molecular weight excluding hydrogens is 653 g/mol. The van der Waals surface area contributed by atoms with Gasteiger partial charge in [0.25, 0.3) is 0 Å². The third-order valence-corrected chi connectivity index (χ3v) is 10.6. The van der Waals surface area contributed by atoms with Gasteiger partial charge in [-0.3, -0.25) is 0 Å². The first-order chi connectivity index (χ1) is 25.3. The maximum absolute atomic E-state index is 10.2. The SMILES string of the molecule is CC1(C)OC(=C(C#N)C#N)C(C#N)=C1/C=C/C1=C(Oc2ccccc2)C(=C/C=C2/N(Cc3ccccc3)c3ccccc3C2(C)C)/CC(C(C)(C)C)C1. The fourth-order valence-electron chi connectivity index (χ4n) is 7.55. The van der Waals surface area contributed by atoms with Gasteiger partial charge >= 0.3 is 0 Å². The number of allylic oxidation sites excluding steroid dienone is 8. The van der Waals surface area contributed by atoms with Gasteiger partial charge in [-0.05, 0) is 84.6 Å². The molecule has 0 saturated carbocycles. The molecule has 3 aromatic carbocycles. The summed E-state index contributed by atoms with van der Waals surface area (Å²) >= 11 is 0. The number of anilines is 1. The van der Waals surface area contributed by atoms with Crippen molar-refractivity contribution in [2.45, 2.75) is 78.9 Å². The van der Waals surface area contributed by atoms with Gasteiger partial charge in [-0.1, -0.05) is 120 Å². The molecule has 3 aromatic rings. The number of hydrogen-bond acceptors (Lipinski definition) is 6. The van der Waals surface area contributed by atoms with E-state index in [0.717, 1.165) is 42.0 Å². The number of fused-ring (bicyclic) bond motifs is 1. The van der Waals surface area contributed by atoms with Crippen molar-refractivity contribution in [2.75, 3.05) is 4.90 Å². The van der Waals surface area contributed by atoms with Gasteiger partial charge in [-0.15, -0.1) is 0 Å². The molecule has 0 spiro atoms. The van der Waals surface area contributed by atoms with E-state index in [1.54, 1.807) is 0 Å². The Labute approximate surface area is 314 Å². The molecule has 0 N–H and O–H groups in total. The molecular formula is C47H46N4O2. The van der Waals surface area contributed by atoms with Crippen LogP contribution in [0.4, 0.5) is 5.69 Å². The first-order valence-electron chi connectivity index (χ1n) is 18.1. The van der Waals surface area contributed by atoms with Crippen LogP contribution in [0.1, 0.15) is 72.4 Å². The summed E-state index contributed by atoms with van der Waals surface area (Å²) in [4.78, 5) is 2.44. The Balaban J connectivity index is 1.53. The molecule has 2 aliphatic heterocycles. The number of nitriles is 3. The summed E-state index contributed by atoms with van der Waals surface area (Å²) in [5.41, 5.74) is 6.46. The van der Waals surface area contributed by atoms with E-state index in [2.05, 4.69) is 112 Å². The Morgan fingerprint density at radius 3 is 2.13 bits per heavy atom. The molecule has 6 heteroatoms. The zero-order chi connectivity index (χ0) is 38.0. The third-order valence-electron chi connectivity index (χ3n) is 10.6. The number of ether oxygens (including phenoxy) is 2. The molecule has 53 heavy (non-hydrogen) atoms. The van der Waals surface area contributed by atoms with Crippen LogP contribution < -0.4 is 9.64 Å². The second-order valence-corrected chi connectivity index (χ2v) is 16.0. The van der Waals surface area contributed by atoms with Crippen LogP contribution in [0.25, 0.3) is 0 Å². The van der Waals surface area contributed by atoms with Crippen LogP contribution in [0.15, 0.2) is 154 Å². The van der Waals surface area contributed by atoms with E-state index in [0.29, 0.717) is 11.5 Å². The predicted molar refractivity (Wildman–Crippen MR) is 210 cm³/mol. The maximum Gasteiger partial charge on any atom is 0.172 e. The number of benzene rings is 3. The number of nitrogens with zero attached hydrogens (tertiary/aromatic N) is 4. The van der Waals surface area contributed by atoms with Gasteiger partial charge < -0.3 is 14.4 Å².